The number of nitrogens with one attached hydrogen (secondary N) is 1. The van der Waals surface area contributed by atoms with Gasteiger partial charge >= 0.3 is 5.82 Å². The number of benzene rings is 1. The number of amides is 1. The number of hydrogen-bond donors (Lipinski definition) is 1. The Kier molecular flexibility index (Phi) is 5.27. The Morgan fingerprint density at radius 3 is 2.58 bits per heavy atom. The second-order valence-electron chi connectivity index (χ2n) is 5.57. The lowest BCUT2D eigenvalue weighted by molar-refractivity contribution is -0.389. The number of hydrogen-bond acceptors (Lipinski definition) is 7. The maximum absolute atomic E-state index is 12.3. The predicted octanol–water partition coefficient (Wildman–Crippen LogP) is 2.15. The van der Waals surface area contributed by atoms with Crippen molar-refractivity contribution in [2.45, 2.75) is 20.4 Å². The fourth-order valence-electron chi connectivity index (χ4n) is 2.21. The van der Waals surface area contributed by atoms with Crippen LogP contribution in [0.2, 0.25) is 0 Å². The minimum atomic E-state index is -0.636. The Morgan fingerprint density at radius 2 is 2.04 bits per heavy atom. The van der Waals surface area contributed by atoms with E-state index in [2.05, 4.69) is 10.4 Å². The third kappa shape index (κ3) is 3.99. The SMILES string of the molecule is Cc1cc([N+](=O)[O-])nn1CC(C)C(=O)Nc1ccc([N+](=O)[O-])cc1C#N. The van der Waals surface area contributed by atoms with E-state index in [0.717, 1.165) is 6.07 Å². The third-order valence-electron chi connectivity index (χ3n) is 3.64. The number of carbonyl (C=O) groups is 1. The Hall–Kier alpha value is -3.81. The topological polar surface area (TPSA) is 157 Å². The molecular weight excluding hydrogens is 344 g/mol. The fraction of sp³-hybridized carbons (Fsp3) is 0.267. The van der Waals surface area contributed by atoms with E-state index in [1.54, 1.807) is 19.9 Å². The van der Waals surface area contributed by atoms with Gasteiger partial charge in [-0.1, -0.05) is 6.92 Å². The molecule has 0 saturated carbocycles. The first-order valence-corrected chi connectivity index (χ1v) is 7.41. The molecule has 0 fully saturated rings. The van der Waals surface area contributed by atoms with Crippen molar-refractivity contribution in [1.82, 2.24) is 9.78 Å². The monoisotopic (exact) mass is 358 g/mol. The number of nitrogens with zero attached hydrogens (tertiary/aromatic N) is 5. The van der Waals surface area contributed by atoms with Crippen LogP contribution < -0.4 is 5.32 Å². The van der Waals surface area contributed by atoms with Gasteiger partial charge in [-0.3, -0.25) is 14.9 Å². The average molecular weight is 358 g/mol. The van der Waals surface area contributed by atoms with Crippen molar-refractivity contribution in [2.24, 2.45) is 5.92 Å². The molecule has 26 heavy (non-hydrogen) atoms. The molecule has 0 spiro atoms. The normalized spacial score (nSPS) is 11.4. The quantitative estimate of drug-likeness (QED) is 0.612. The van der Waals surface area contributed by atoms with Crippen LogP contribution in [0.25, 0.3) is 0 Å². The Morgan fingerprint density at radius 1 is 1.35 bits per heavy atom. The van der Waals surface area contributed by atoms with Crippen LogP contribution in [0.4, 0.5) is 17.2 Å². The van der Waals surface area contributed by atoms with E-state index >= 15 is 0 Å². The number of aromatic nitrogens is 2. The van der Waals surface area contributed by atoms with Crippen LogP contribution >= 0.6 is 0 Å². The first-order valence-electron chi connectivity index (χ1n) is 7.41. The van der Waals surface area contributed by atoms with Crippen LogP contribution in [0.15, 0.2) is 24.3 Å². The van der Waals surface area contributed by atoms with Gasteiger partial charge in [0.15, 0.2) is 0 Å². The van der Waals surface area contributed by atoms with Crippen molar-refractivity contribution in [3.05, 3.63) is 55.8 Å². The Labute approximate surface area is 147 Å². The molecule has 0 aliphatic carbocycles. The van der Waals surface area contributed by atoms with Crippen molar-refractivity contribution >= 4 is 23.1 Å². The summed E-state index contributed by atoms with van der Waals surface area (Å²) in [6.45, 7) is 3.33. The molecule has 1 atom stereocenters. The maximum Gasteiger partial charge on any atom is 0.390 e. The zero-order valence-electron chi connectivity index (χ0n) is 13.9. The molecule has 0 saturated heterocycles. The molecule has 0 aliphatic heterocycles. The van der Waals surface area contributed by atoms with Gasteiger partial charge in [0.2, 0.25) is 5.91 Å². The van der Waals surface area contributed by atoms with E-state index in [4.69, 9.17) is 5.26 Å². The van der Waals surface area contributed by atoms with Gasteiger partial charge in [-0.05, 0) is 17.9 Å². The molecule has 1 heterocycles. The highest BCUT2D eigenvalue weighted by Crippen LogP contribution is 2.22. The molecule has 0 aliphatic rings. The molecule has 1 aromatic carbocycles. The number of nitro benzene ring substituents is 1. The maximum atomic E-state index is 12.3. The summed E-state index contributed by atoms with van der Waals surface area (Å²) in [5, 5.41) is 36.9. The molecule has 1 amide bonds. The van der Waals surface area contributed by atoms with E-state index in [1.807, 2.05) is 0 Å². The van der Waals surface area contributed by atoms with E-state index < -0.39 is 21.7 Å². The molecule has 1 N–H and O–H groups in total. The summed E-state index contributed by atoms with van der Waals surface area (Å²) in [4.78, 5) is 32.6. The summed E-state index contributed by atoms with van der Waals surface area (Å²) in [6.07, 6.45) is 0. The summed E-state index contributed by atoms with van der Waals surface area (Å²) in [6, 6.07) is 6.63. The highest BCUT2D eigenvalue weighted by molar-refractivity contribution is 5.93. The molecular formula is C15H14N6O5. The number of non-ortho nitro benzene ring substituents is 1. The molecule has 2 aromatic rings. The zero-order valence-corrected chi connectivity index (χ0v) is 13.9. The summed E-state index contributed by atoms with van der Waals surface area (Å²) in [5.74, 6) is -1.37. The second kappa shape index (κ2) is 7.39. The largest absolute Gasteiger partial charge is 0.390 e. The minimum Gasteiger partial charge on any atom is -0.358 e. The molecule has 1 aromatic heterocycles. The Bertz CT molecular complexity index is 929. The van der Waals surface area contributed by atoms with Gasteiger partial charge < -0.3 is 15.4 Å². The summed E-state index contributed by atoms with van der Waals surface area (Å²) >= 11 is 0. The van der Waals surface area contributed by atoms with Gasteiger partial charge in [0.25, 0.3) is 5.69 Å². The van der Waals surface area contributed by atoms with Crippen LogP contribution in [0.3, 0.4) is 0 Å². The van der Waals surface area contributed by atoms with E-state index in [-0.39, 0.29) is 29.3 Å². The summed E-state index contributed by atoms with van der Waals surface area (Å²) < 4.78 is 1.35. The number of carbonyl (C=O) groups excluding carboxylic acids is 1. The highest BCUT2D eigenvalue weighted by Gasteiger charge is 2.22. The first kappa shape index (κ1) is 18.5. The third-order valence-corrected chi connectivity index (χ3v) is 3.64. The van der Waals surface area contributed by atoms with Crippen molar-refractivity contribution in [3.8, 4) is 6.07 Å². The molecule has 11 nitrogen and oxygen atoms in total. The highest BCUT2D eigenvalue weighted by atomic mass is 16.6. The number of nitriles is 1. The molecule has 2 rings (SSSR count). The van der Waals surface area contributed by atoms with Crippen molar-refractivity contribution in [1.29, 1.82) is 5.26 Å². The standard InChI is InChI=1S/C15H14N6O5/c1-9(8-19-10(2)5-14(18-19)21(25)26)15(22)17-13-4-3-12(20(23)24)6-11(13)7-16/h3-6,9H,8H2,1-2H3,(H,17,22). The summed E-state index contributed by atoms with van der Waals surface area (Å²) in [5.41, 5.74) is 0.389. The molecule has 0 bridgehead atoms. The van der Waals surface area contributed by atoms with Gasteiger partial charge in [-0.15, -0.1) is 0 Å². The molecule has 134 valence electrons. The lowest BCUT2D eigenvalue weighted by Gasteiger charge is -2.12. The van der Waals surface area contributed by atoms with Crippen molar-refractivity contribution in [3.63, 3.8) is 0 Å². The first-order chi connectivity index (χ1) is 12.2. The van der Waals surface area contributed by atoms with Crippen LogP contribution in [0, 0.1) is 44.4 Å². The van der Waals surface area contributed by atoms with E-state index in [1.165, 1.54) is 22.9 Å². The van der Waals surface area contributed by atoms with Crippen LogP contribution in [0.1, 0.15) is 18.2 Å². The summed E-state index contributed by atoms with van der Waals surface area (Å²) in [7, 11) is 0. The number of aryl methyl sites for hydroxylation is 1. The van der Waals surface area contributed by atoms with Crippen LogP contribution in [0.5, 0.6) is 0 Å². The lowest BCUT2D eigenvalue weighted by atomic mass is 10.1. The lowest BCUT2D eigenvalue weighted by Crippen LogP contribution is -2.25. The fourth-order valence-corrected chi connectivity index (χ4v) is 2.21. The van der Waals surface area contributed by atoms with Crippen LogP contribution in [-0.2, 0) is 11.3 Å². The predicted molar refractivity (Wildman–Crippen MR) is 89.2 cm³/mol. The average Bonchev–Trinajstić information content (AvgIpc) is 2.95. The Balaban J connectivity index is 2.13. The molecule has 1 unspecified atom stereocenters. The van der Waals surface area contributed by atoms with E-state index in [0.29, 0.717) is 5.69 Å². The van der Waals surface area contributed by atoms with Gasteiger partial charge in [0.05, 0.1) is 45.5 Å². The van der Waals surface area contributed by atoms with Gasteiger partial charge in [-0.2, -0.15) is 9.94 Å². The van der Waals surface area contributed by atoms with Crippen LogP contribution in [-0.4, -0.2) is 25.5 Å². The minimum absolute atomic E-state index is 0.0364. The molecule has 0 radical (unpaired) electrons. The number of rotatable bonds is 6. The zero-order chi connectivity index (χ0) is 19.4. The smallest absolute Gasteiger partial charge is 0.358 e. The van der Waals surface area contributed by atoms with Crippen molar-refractivity contribution in [2.75, 3.05) is 5.32 Å². The van der Waals surface area contributed by atoms with Gasteiger partial charge in [-0.25, -0.2) is 0 Å². The van der Waals surface area contributed by atoms with Gasteiger partial charge in [0, 0.05) is 12.1 Å². The van der Waals surface area contributed by atoms with E-state index in [9.17, 15) is 25.0 Å². The second-order valence-corrected chi connectivity index (χ2v) is 5.57. The molecule has 11 heteroatoms. The number of anilines is 1. The number of nitro groups is 2. The van der Waals surface area contributed by atoms with Gasteiger partial charge in [0.1, 0.15) is 6.07 Å². The van der Waals surface area contributed by atoms with Crippen molar-refractivity contribution < 1.29 is 14.6 Å².